The number of nitrogens with one attached hydrogen (secondary N) is 1. The van der Waals surface area contributed by atoms with Crippen LogP contribution < -0.4 is 0 Å². The van der Waals surface area contributed by atoms with Crippen molar-refractivity contribution in [3.63, 3.8) is 0 Å². The van der Waals surface area contributed by atoms with Gasteiger partial charge in [-0.25, -0.2) is 0 Å². The third kappa shape index (κ3) is 104. The molecule has 0 aliphatic heterocycles. The van der Waals surface area contributed by atoms with Gasteiger partial charge in [0.2, 0.25) is 0 Å². The molecule has 0 bridgehead atoms. The van der Waals surface area contributed by atoms with Gasteiger partial charge in [0, 0.05) is 0 Å². The van der Waals surface area contributed by atoms with E-state index in [-0.39, 0.29) is 5.04 Å². The molecule has 0 spiro atoms. The molecule has 0 rings (SSSR count). The fourth-order valence-corrected chi connectivity index (χ4v) is 0. The average molecular weight is 290 g/mol. The van der Waals surface area contributed by atoms with Crippen molar-refractivity contribution in [3.05, 3.63) is 0 Å². The van der Waals surface area contributed by atoms with E-state index in [2.05, 4.69) is 17.1 Å². The van der Waals surface area contributed by atoms with Gasteiger partial charge >= 0.3 is 30.6 Å². The summed E-state index contributed by atoms with van der Waals surface area (Å²) in [5.74, 6) is 0. The van der Waals surface area contributed by atoms with Gasteiger partial charge in [0.1, 0.15) is 0 Å². The van der Waals surface area contributed by atoms with Crippen LogP contribution in [-0.4, -0.2) is 5.04 Å². The molecule has 32 valence electrons. The second-order valence-corrected chi connectivity index (χ2v) is 1.17. The van der Waals surface area contributed by atoms with Crippen LogP contribution in [-0.2, 0) is 38.8 Å². The monoisotopic (exact) mass is 291 g/mol. The van der Waals surface area contributed by atoms with E-state index in [0.717, 1.165) is 26.1 Å². The molecule has 0 aromatic heterocycles. The first-order chi connectivity index (χ1) is 2.73. The molecule has 0 aliphatic carbocycles. The van der Waals surface area contributed by atoms with Crippen molar-refractivity contribution in [2.45, 2.75) is 11.4 Å². The van der Waals surface area contributed by atoms with Crippen molar-refractivity contribution in [2.75, 3.05) is 0 Å². The van der Waals surface area contributed by atoms with Crippen molar-refractivity contribution >= 4 is 17.7 Å². The standard InChI is InChI=1S/C2H5NS.CH3.Hg/c1-2(3)4;;/h1H3,(H2,3,4);1H3;/q;;+1/p-1. The first-order valence-corrected chi connectivity index (χ1v) is 7.57. The zero-order valence-electron chi connectivity index (χ0n) is 4.12. The molecule has 0 heterocycles. The predicted octanol–water partition coefficient (Wildman–Crippen LogP) is 1.11. The maximum atomic E-state index is 6.31. The SMILES string of the molecule is CC(=N)[S-].[CH3][Hg+]. The van der Waals surface area contributed by atoms with Crippen LogP contribution in [0.15, 0.2) is 0 Å². The van der Waals surface area contributed by atoms with Crippen LogP contribution in [0, 0.1) is 5.41 Å². The molecule has 0 radical (unpaired) electrons. The Morgan fingerprint density at radius 1 is 1.67 bits per heavy atom. The van der Waals surface area contributed by atoms with E-state index in [1.54, 1.807) is 6.92 Å². The van der Waals surface area contributed by atoms with E-state index < -0.39 is 0 Å². The predicted molar refractivity (Wildman–Crippen MR) is 26.6 cm³/mol. The van der Waals surface area contributed by atoms with Gasteiger partial charge in [-0.2, -0.15) is 0 Å². The van der Waals surface area contributed by atoms with Crippen molar-refractivity contribution in [2.24, 2.45) is 0 Å². The third-order valence-corrected chi connectivity index (χ3v) is 0. The molecule has 6 heavy (non-hydrogen) atoms. The van der Waals surface area contributed by atoms with Crippen LogP contribution in [0.4, 0.5) is 0 Å². The van der Waals surface area contributed by atoms with E-state index in [0.29, 0.717) is 0 Å². The van der Waals surface area contributed by atoms with Gasteiger partial charge in [-0.05, 0) is 6.92 Å². The maximum absolute atomic E-state index is 6.31. The quantitative estimate of drug-likeness (QED) is 0.307. The van der Waals surface area contributed by atoms with Gasteiger partial charge in [0.25, 0.3) is 0 Å². The molecular weight excluding hydrogens is 283 g/mol. The third-order valence-electron chi connectivity index (χ3n) is 0. The summed E-state index contributed by atoms with van der Waals surface area (Å²) in [4.78, 5) is 0. The van der Waals surface area contributed by atoms with Crippen LogP contribution >= 0.6 is 0 Å². The first-order valence-electron chi connectivity index (χ1n) is 1.66. The molecular formula is C3H7HgNS. The topological polar surface area (TPSA) is 23.9 Å². The Bertz CT molecular complexity index is 33.8. The van der Waals surface area contributed by atoms with E-state index in [9.17, 15) is 0 Å². The molecule has 0 atom stereocenters. The van der Waals surface area contributed by atoms with Crippen LogP contribution in [0.1, 0.15) is 6.92 Å². The Labute approximate surface area is 60.4 Å². The molecule has 0 unspecified atom stereocenters. The van der Waals surface area contributed by atoms with E-state index in [4.69, 9.17) is 5.41 Å². The van der Waals surface area contributed by atoms with Crippen LogP contribution in [0.2, 0.25) is 4.43 Å². The van der Waals surface area contributed by atoms with E-state index >= 15 is 0 Å². The Kier molecular flexibility index (Phi) is 15.4. The molecule has 0 aromatic rings. The van der Waals surface area contributed by atoms with Gasteiger partial charge in [-0.1, -0.05) is 0 Å². The summed E-state index contributed by atoms with van der Waals surface area (Å²) in [6, 6.07) is 0. The number of hydrogen-bond acceptors (Lipinski definition) is 2. The summed E-state index contributed by atoms with van der Waals surface area (Å²) in [7, 11) is 0. The normalized spacial score (nSPS) is 5.33. The molecule has 0 fully saturated rings. The van der Waals surface area contributed by atoms with Crippen molar-refractivity contribution in [3.8, 4) is 0 Å². The Hall–Kier alpha value is 0.825. The van der Waals surface area contributed by atoms with Gasteiger partial charge in [-0.3, -0.25) is 0 Å². The fraction of sp³-hybridized carbons (Fsp3) is 0.667. The first kappa shape index (κ1) is 9.95. The van der Waals surface area contributed by atoms with Gasteiger partial charge in [-0.15, -0.1) is 5.04 Å². The minimum absolute atomic E-state index is 0.250. The fourth-order valence-electron chi connectivity index (χ4n) is 0. The van der Waals surface area contributed by atoms with Gasteiger partial charge < -0.3 is 18.0 Å². The molecule has 0 aromatic carbocycles. The number of hydrogen-bond donors (Lipinski definition) is 1. The summed E-state index contributed by atoms with van der Waals surface area (Å²) in [6.45, 7) is 1.56. The van der Waals surface area contributed by atoms with Gasteiger partial charge in [0.15, 0.2) is 0 Å². The Balaban J connectivity index is 0. The average Bonchev–Trinajstić information content (AvgIpc) is 1.41. The molecule has 0 saturated heterocycles. The Morgan fingerprint density at radius 2 is 1.67 bits per heavy atom. The van der Waals surface area contributed by atoms with Gasteiger partial charge in [0.05, 0.1) is 0 Å². The summed E-state index contributed by atoms with van der Waals surface area (Å²) in [6.07, 6.45) is 0. The Morgan fingerprint density at radius 3 is 1.67 bits per heavy atom. The van der Waals surface area contributed by atoms with Crippen molar-refractivity contribution < 1.29 is 26.1 Å². The van der Waals surface area contributed by atoms with Crippen LogP contribution in [0.25, 0.3) is 0 Å². The summed E-state index contributed by atoms with van der Waals surface area (Å²) in [5, 5.41) is 6.56. The second-order valence-electron chi connectivity index (χ2n) is 0.556. The van der Waals surface area contributed by atoms with Crippen LogP contribution in [0.5, 0.6) is 0 Å². The van der Waals surface area contributed by atoms with E-state index in [1.807, 2.05) is 0 Å². The molecule has 0 aliphatic rings. The molecule has 0 amide bonds. The summed E-state index contributed by atoms with van der Waals surface area (Å²) >= 11 is 5.23. The molecule has 1 nitrogen and oxygen atoms in total. The zero-order valence-corrected chi connectivity index (χ0v) is 10.4. The molecule has 3 heteroatoms. The van der Waals surface area contributed by atoms with Crippen molar-refractivity contribution in [1.82, 2.24) is 0 Å². The minimum atomic E-state index is 0.250. The summed E-state index contributed by atoms with van der Waals surface area (Å²) < 4.78 is 2.19. The second kappa shape index (κ2) is 9.27. The van der Waals surface area contributed by atoms with Crippen molar-refractivity contribution in [1.29, 1.82) is 5.41 Å². The van der Waals surface area contributed by atoms with Crippen LogP contribution in [0.3, 0.4) is 0 Å². The van der Waals surface area contributed by atoms with E-state index in [1.165, 1.54) is 0 Å². The molecule has 1 N–H and O–H groups in total. The zero-order chi connectivity index (χ0) is 5.58. The molecule has 0 saturated carbocycles. The number of rotatable bonds is 0. The summed E-state index contributed by atoms with van der Waals surface area (Å²) in [5.41, 5.74) is 0.